The first-order valence-corrected chi connectivity index (χ1v) is 3.26. The molecule has 0 spiro atoms. The quantitative estimate of drug-likeness (QED) is 0.601. The molecule has 0 aliphatic heterocycles. The fourth-order valence-electron chi connectivity index (χ4n) is 0.503. The zero-order chi connectivity index (χ0) is 7.98. The highest BCUT2D eigenvalue weighted by Gasteiger charge is 2.02. The van der Waals surface area contributed by atoms with Gasteiger partial charge in [0.25, 0.3) is 6.43 Å². The minimum absolute atomic E-state index is 0.0379. The van der Waals surface area contributed by atoms with Gasteiger partial charge in [-0.15, -0.1) is 0 Å². The van der Waals surface area contributed by atoms with Crippen LogP contribution in [0.15, 0.2) is 0 Å². The van der Waals surface area contributed by atoms with E-state index in [1.807, 2.05) is 0 Å². The SMILES string of the molecule is CC(CO)CNCC(F)F. The maximum absolute atomic E-state index is 11.5. The highest BCUT2D eigenvalue weighted by Crippen LogP contribution is 1.91. The van der Waals surface area contributed by atoms with Crippen molar-refractivity contribution in [3.05, 3.63) is 0 Å². The van der Waals surface area contributed by atoms with Crippen LogP contribution in [0.25, 0.3) is 0 Å². The van der Waals surface area contributed by atoms with Gasteiger partial charge in [0, 0.05) is 13.2 Å². The second-order valence-corrected chi connectivity index (χ2v) is 2.34. The largest absolute Gasteiger partial charge is 0.396 e. The molecule has 2 nitrogen and oxygen atoms in total. The first kappa shape index (κ1) is 9.78. The number of halogens is 2. The van der Waals surface area contributed by atoms with Crippen molar-refractivity contribution in [1.29, 1.82) is 0 Å². The number of alkyl halides is 2. The molecule has 2 N–H and O–H groups in total. The zero-order valence-corrected chi connectivity index (χ0v) is 5.98. The van der Waals surface area contributed by atoms with E-state index in [9.17, 15) is 8.78 Å². The Bertz CT molecular complexity index is 80.1. The lowest BCUT2D eigenvalue weighted by molar-refractivity contribution is 0.141. The summed E-state index contributed by atoms with van der Waals surface area (Å²) in [6, 6.07) is 0. The predicted molar refractivity (Wildman–Crippen MR) is 35.1 cm³/mol. The summed E-state index contributed by atoms with van der Waals surface area (Å²) in [5.41, 5.74) is 0. The Hall–Kier alpha value is -0.220. The number of nitrogens with one attached hydrogen (secondary N) is 1. The van der Waals surface area contributed by atoms with Crippen molar-refractivity contribution in [1.82, 2.24) is 5.32 Å². The number of hydrogen-bond donors (Lipinski definition) is 2. The van der Waals surface area contributed by atoms with Crippen molar-refractivity contribution in [2.45, 2.75) is 13.3 Å². The zero-order valence-electron chi connectivity index (χ0n) is 5.98. The summed E-state index contributed by atoms with van der Waals surface area (Å²) in [5.74, 6) is 0.0544. The summed E-state index contributed by atoms with van der Waals surface area (Å²) < 4.78 is 22.9. The van der Waals surface area contributed by atoms with E-state index < -0.39 is 6.43 Å². The lowest BCUT2D eigenvalue weighted by Crippen LogP contribution is -2.27. The average Bonchev–Trinajstić information content (AvgIpc) is 1.87. The third kappa shape index (κ3) is 5.91. The summed E-state index contributed by atoms with van der Waals surface area (Å²) in [5, 5.41) is 11.0. The molecule has 0 aliphatic carbocycles. The Kier molecular flexibility index (Phi) is 5.43. The molecule has 0 radical (unpaired) electrons. The minimum Gasteiger partial charge on any atom is -0.396 e. The maximum Gasteiger partial charge on any atom is 0.250 e. The number of rotatable bonds is 5. The van der Waals surface area contributed by atoms with Crippen molar-refractivity contribution in [2.24, 2.45) is 5.92 Å². The van der Waals surface area contributed by atoms with Crippen LogP contribution in [0.2, 0.25) is 0 Å². The van der Waals surface area contributed by atoms with E-state index in [0.717, 1.165) is 0 Å². The lowest BCUT2D eigenvalue weighted by Gasteiger charge is -2.07. The monoisotopic (exact) mass is 153 g/mol. The molecule has 0 heterocycles. The van der Waals surface area contributed by atoms with Gasteiger partial charge in [-0.2, -0.15) is 0 Å². The average molecular weight is 153 g/mol. The summed E-state index contributed by atoms with van der Waals surface area (Å²) in [4.78, 5) is 0. The van der Waals surface area contributed by atoms with Gasteiger partial charge in [0.2, 0.25) is 0 Å². The second kappa shape index (κ2) is 5.56. The van der Waals surface area contributed by atoms with Crippen LogP contribution in [-0.4, -0.2) is 31.2 Å². The van der Waals surface area contributed by atoms with Crippen molar-refractivity contribution in [2.75, 3.05) is 19.7 Å². The van der Waals surface area contributed by atoms with Crippen molar-refractivity contribution >= 4 is 0 Å². The molecule has 0 fully saturated rings. The molecule has 4 heteroatoms. The van der Waals surface area contributed by atoms with Gasteiger partial charge in [-0.05, 0) is 5.92 Å². The third-order valence-corrected chi connectivity index (χ3v) is 1.10. The van der Waals surface area contributed by atoms with Crippen molar-refractivity contribution in [3.63, 3.8) is 0 Å². The van der Waals surface area contributed by atoms with Gasteiger partial charge in [-0.1, -0.05) is 6.92 Å². The fraction of sp³-hybridized carbons (Fsp3) is 1.00. The van der Waals surface area contributed by atoms with E-state index in [2.05, 4.69) is 5.32 Å². The van der Waals surface area contributed by atoms with Crippen LogP contribution >= 0.6 is 0 Å². The number of hydrogen-bond acceptors (Lipinski definition) is 2. The topological polar surface area (TPSA) is 32.3 Å². The number of aliphatic hydroxyl groups excluding tert-OH is 1. The van der Waals surface area contributed by atoms with Crippen LogP contribution in [-0.2, 0) is 0 Å². The van der Waals surface area contributed by atoms with Crippen molar-refractivity contribution < 1.29 is 13.9 Å². The van der Waals surface area contributed by atoms with Crippen LogP contribution in [0.4, 0.5) is 8.78 Å². The Morgan fingerprint density at radius 1 is 1.40 bits per heavy atom. The van der Waals surface area contributed by atoms with Crippen LogP contribution in [0.3, 0.4) is 0 Å². The first-order valence-electron chi connectivity index (χ1n) is 3.26. The molecule has 0 saturated heterocycles. The van der Waals surface area contributed by atoms with Crippen molar-refractivity contribution in [3.8, 4) is 0 Å². The summed E-state index contributed by atoms with van der Waals surface area (Å²) in [7, 11) is 0. The molecular weight excluding hydrogens is 140 g/mol. The molecule has 0 bridgehead atoms. The molecule has 0 amide bonds. The minimum atomic E-state index is -2.30. The molecule has 0 aromatic rings. The second-order valence-electron chi connectivity index (χ2n) is 2.34. The summed E-state index contributed by atoms with van der Waals surface area (Å²) in [6.45, 7) is 1.99. The maximum atomic E-state index is 11.5. The fourth-order valence-corrected chi connectivity index (χ4v) is 0.503. The Balaban J connectivity index is 3.03. The highest BCUT2D eigenvalue weighted by atomic mass is 19.3. The standard InChI is InChI=1S/C6H13F2NO/c1-5(4-10)2-9-3-6(7)8/h5-6,9-10H,2-4H2,1H3. The van der Waals surface area contributed by atoms with E-state index in [1.54, 1.807) is 6.92 Å². The predicted octanol–water partition coefficient (Wildman–Crippen LogP) is 0.470. The molecule has 1 atom stereocenters. The molecular formula is C6H13F2NO. The van der Waals surface area contributed by atoms with Crippen LogP contribution < -0.4 is 5.32 Å². The van der Waals surface area contributed by atoms with E-state index in [0.29, 0.717) is 6.54 Å². The van der Waals surface area contributed by atoms with E-state index in [-0.39, 0.29) is 19.1 Å². The van der Waals surface area contributed by atoms with Gasteiger partial charge in [0.1, 0.15) is 0 Å². The van der Waals surface area contributed by atoms with Crippen LogP contribution in [0.5, 0.6) is 0 Å². The summed E-state index contributed by atoms with van der Waals surface area (Å²) >= 11 is 0. The van der Waals surface area contributed by atoms with Crippen LogP contribution in [0.1, 0.15) is 6.92 Å². The molecule has 0 aromatic carbocycles. The van der Waals surface area contributed by atoms with Crippen LogP contribution in [0, 0.1) is 5.92 Å². The van der Waals surface area contributed by atoms with Gasteiger partial charge in [-0.3, -0.25) is 0 Å². The Labute approximate surface area is 59.2 Å². The van der Waals surface area contributed by atoms with Gasteiger partial charge < -0.3 is 10.4 Å². The van der Waals surface area contributed by atoms with E-state index in [1.165, 1.54) is 0 Å². The normalized spacial score (nSPS) is 14.1. The first-order chi connectivity index (χ1) is 4.66. The molecule has 0 saturated carbocycles. The molecule has 10 heavy (non-hydrogen) atoms. The van der Waals surface area contributed by atoms with E-state index >= 15 is 0 Å². The lowest BCUT2D eigenvalue weighted by atomic mass is 10.2. The molecule has 62 valence electrons. The van der Waals surface area contributed by atoms with Gasteiger partial charge >= 0.3 is 0 Å². The smallest absolute Gasteiger partial charge is 0.250 e. The third-order valence-electron chi connectivity index (χ3n) is 1.10. The summed E-state index contributed by atoms with van der Waals surface area (Å²) in [6.07, 6.45) is -2.30. The molecule has 1 unspecified atom stereocenters. The molecule has 0 aliphatic rings. The Morgan fingerprint density at radius 2 is 2.00 bits per heavy atom. The number of aliphatic hydroxyl groups is 1. The molecule has 0 rings (SSSR count). The van der Waals surface area contributed by atoms with Gasteiger partial charge in [0.15, 0.2) is 0 Å². The molecule has 0 aromatic heterocycles. The van der Waals surface area contributed by atoms with E-state index in [4.69, 9.17) is 5.11 Å². The van der Waals surface area contributed by atoms with Gasteiger partial charge in [-0.25, -0.2) is 8.78 Å². The highest BCUT2D eigenvalue weighted by molar-refractivity contribution is 4.55. The Morgan fingerprint density at radius 3 is 2.40 bits per heavy atom. The van der Waals surface area contributed by atoms with Gasteiger partial charge in [0.05, 0.1) is 6.54 Å².